The minimum absolute atomic E-state index is 0.0695. The SMILES string of the molecule is CC(C)(C)n1cnc(-c2cccc3ccccc23)c1N. The summed E-state index contributed by atoms with van der Waals surface area (Å²) in [5.74, 6) is 0.717. The number of fused-ring (bicyclic) bond motifs is 1. The van der Waals surface area contributed by atoms with Crippen molar-refractivity contribution >= 4 is 16.6 Å². The van der Waals surface area contributed by atoms with E-state index in [2.05, 4.69) is 50.0 Å². The molecule has 3 rings (SSSR count). The van der Waals surface area contributed by atoms with E-state index in [1.807, 2.05) is 29.1 Å². The maximum absolute atomic E-state index is 6.31. The highest BCUT2D eigenvalue weighted by molar-refractivity contribution is 5.97. The lowest BCUT2D eigenvalue weighted by molar-refractivity contribution is 0.402. The summed E-state index contributed by atoms with van der Waals surface area (Å²) in [6.45, 7) is 6.37. The van der Waals surface area contributed by atoms with E-state index in [-0.39, 0.29) is 5.54 Å². The van der Waals surface area contributed by atoms with Gasteiger partial charge in [-0.2, -0.15) is 0 Å². The average Bonchev–Trinajstić information content (AvgIpc) is 2.80. The third-order valence-electron chi connectivity index (χ3n) is 3.57. The van der Waals surface area contributed by atoms with Crippen LogP contribution in [-0.2, 0) is 5.54 Å². The number of anilines is 1. The summed E-state index contributed by atoms with van der Waals surface area (Å²) in [4.78, 5) is 4.54. The van der Waals surface area contributed by atoms with Crippen LogP contribution >= 0.6 is 0 Å². The zero-order chi connectivity index (χ0) is 14.3. The summed E-state index contributed by atoms with van der Waals surface area (Å²) in [6, 6.07) is 14.5. The molecule has 0 aliphatic heterocycles. The Morgan fingerprint density at radius 2 is 1.70 bits per heavy atom. The average molecular weight is 265 g/mol. The smallest absolute Gasteiger partial charge is 0.132 e. The van der Waals surface area contributed by atoms with Crippen molar-refractivity contribution in [1.29, 1.82) is 0 Å². The van der Waals surface area contributed by atoms with E-state index in [0.29, 0.717) is 5.82 Å². The van der Waals surface area contributed by atoms with Crippen LogP contribution in [0.1, 0.15) is 20.8 Å². The van der Waals surface area contributed by atoms with Crippen molar-refractivity contribution < 1.29 is 0 Å². The van der Waals surface area contributed by atoms with Crippen LogP contribution in [0.2, 0.25) is 0 Å². The van der Waals surface area contributed by atoms with Crippen LogP contribution in [0.25, 0.3) is 22.0 Å². The second-order valence-electron chi connectivity index (χ2n) is 6.05. The fourth-order valence-corrected chi connectivity index (χ4v) is 2.53. The van der Waals surface area contributed by atoms with Gasteiger partial charge in [0, 0.05) is 11.1 Å². The first-order valence-corrected chi connectivity index (χ1v) is 6.80. The van der Waals surface area contributed by atoms with Crippen LogP contribution in [0.5, 0.6) is 0 Å². The Morgan fingerprint density at radius 3 is 2.40 bits per heavy atom. The molecule has 0 atom stereocenters. The Hall–Kier alpha value is -2.29. The molecule has 0 unspecified atom stereocenters. The van der Waals surface area contributed by atoms with Gasteiger partial charge in [0.05, 0.1) is 6.33 Å². The van der Waals surface area contributed by atoms with E-state index in [9.17, 15) is 0 Å². The van der Waals surface area contributed by atoms with Crippen molar-refractivity contribution in [2.45, 2.75) is 26.3 Å². The van der Waals surface area contributed by atoms with Gasteiger partial charge in [0.25, 0.3) is 0 Å². The van der Waals surface area contributed by atoms with E-state index in [0.717, 1.165) is 11.3 Å². The monoisotopic (exact) mass is 265 g/mol. The highest BCUT2D eigenvalue weighted by Crippen LogP contribution is 2.33. The maximum Gasteiger partial charge on any atom is 0.132 e. The van der Waals surface area contributed by atoms with E-state index in [4.69, 9.17) is 5.73 Å². The van der Waals surface area contributed by atoms with E-state index in [1.54, 1.807) is 0 Å². The fourth-order valence-electron chi connectivity index (χ4n) is 2.53. The summed E-state index contributed by atoms with van der Waals surface area (Å²) >= 11 is 0. The molecule has 1 heterocycles. The molecule has 0 saturated heterocycles. The number of imidazole rings is 1. The Kier molecular flexibility index (Phi) is 2.78. The van der Waals surface area contributed by atoms with Gasteiger partial charge in [-0.25, -0.2) is 4.98 Å². The molecule has 0 aliphatic rings. The summed E-state index contributed by atoms with van der Waals surface area (Å²) < 4.78 is 2.02. The van der Waals surface area contributed by atoms with Crippen LogP contribution in [0, 0.1) is 0 Å². The molecular formula is C17H19N3. The normalized spacial score (nSPS) is 11.9. The molecule has 20 heavy (non-hydrogen) atoms. The van der Waals surface area contributed by atoms with Crippen LogP contribution in [0.4, 0.5) is 5.82 Å². The Morgan fingerprint density at radius 1 is 1.00 bits per heavy atom. The Balaban J connectivity index is 2.25. The molecule has 0 spiro atoms. The Bertz CT molecular complexity index is 758. The number of rotatable bonds is 1. The molecule has 0 bridgehead atoms. The number of nitrogen functional groups attached to an aromatic ring is 1. The van der Waals surface area contributed by atoms with Gasteiger partial charge in [0.1, 0.15) is 11.5 Å². The van der Waals surface area contributed by atoms with Gasteiger partial charge in [-0.05, 0) is 31.5 Å². The highest BCUT2D eigenvalue weighted by Gasteiger charge is 2.20. The van der Waals surface area contributed by atoms with Gasteiger partial charge < -0.3 is 10.3 Å². The lowest BCUT2D eigenvalue weighted by Gasteiger charge is -2.22. The molecule has 3 nitrogen and oxygen atoms in total. The highest BCUT2D eigenvalue weighted by atomic mass is 15.2. The number of nitrogens with zero attached hydrogens (tertiary/aromatic N) is 2. The maximum atomic E-state index is 6.31. The summed E-state index contributed by atoms with van der Waals surface area (Å²) in [6.07, 6.45) is 1.83. The van der Waals surface area contributed by atoms with Crippen molar-refractivity contribution in [3.05, 3.63) is 48.8 Å². The third kappa shape index (κ3) is 1.95. The number of hydrogen-bond donors (Lipinski definition) is 1. The molecule has 3 aromatic rings. The number of benzene rings is 2. The predicted octanol–water partition coefficient (Wildman–Crippen LogP) is 4.04. The lowest BCUT2D eigenvalue weighted by Crippen LogP contribution is -2.22. The van der Waals surface area contributed by atoms with Crippen LogP contribution < -0.4 is 5.73 Å². The van der Waals surface area contributed by atoms with Crippen LogP contribution in [0.15, 0.2) is 48.8 Å². The molecule has 2 aromatic carbocycles. The fraction of sp³-hybridized carbons (Fsp3) is 0.235. The second-order valence-corrected chi connectivity index (χ2v) is 6.05. The third-order valence-corrected chi connectivity index (χ3v) is 3.57. The van der Waals surface area contributed by atoms with Gasteiger partial charge in [0.2, 0.25) is 0 Å². The Labute approximate surface area is 119 Å². The quantitative estimate of drug-likeness (QED) is 0.721. The first-order valence-electron chi connectivity index (χ1n) is 6.80. The van der Waals surface area contributed by atoms with Gasteiger partial charge in [-0.1, -0.05) is 42.5 Å². The molecule has 2 N–H and O–H groups in total. The standard InChI is InChI=1S/C17H19N3/c1-17(2,3)20-11-19-15(16(20)18)14-10-6-8-12-7-4-5-9-13(12)14/h4-11H,18H2,1-3H3. The van der Waals surface area contributed by atoms with Crippen LogP contribution in [-0.4, -0.2) is 9.55 Å². The minimum Gasteiger partial charge on any atom is -0.383 e. The topological polar surface area (TPSA) is 43.8 Å². The van der Waals surface area contributed by atoms with Crippen molar-refractivity contribution in [1.82, 2.24) is 9.55 Å². The molecule has 3 heteroatoms. The molecule has 0 aliphatic carbocycles. The number of nitrogens with two attached hydrogens (primary N) is 1. The van der Waals surface area contributed by atoms with Gasteiger partial charge in [-0.3, -0.25) is 0 Å². The van der Waals surface area contributed by atoms with Crippen molar-refractivity contribution in [3.63, 3.8) is 0 Å². The second kappa shape index (κ2) is 4.37. The molecule has 0 radical (unpaired) electrons. The molecule has 102 valence electrons. The zero-order valence-corrected chi connectivity index (χ0v) is 12.1. The summed E-state index contributed by atoms with van der Waals surface area (Å²) in [7, 11) is 0. The largest absolute Gasteiger partial charge is 0.383 e. The molecular weight excluding hydrogens is 246 g/mol. The first kappa shape index (κ1) is 12.7. The minimum atomic E-state index is -0.0695. The zero-order valence-electron chi connectivity index (χ0n) is 12.1. The lowest BCUT2D eigenvalue weighted by atomic mass is 10.0. The number of aromatic nitrogens is 2. The molecule has 1 aromatic heterocycles. The van der Waals surface area contributed by atoms with Crippen molar-refractivity contribution in [2.24, 2.45) is 0 Å². The van der Waals surface area contributed by atoms with E-state index < -0.39 is 0 Å². The molecule has 0 fully saturated rings. The molecule has 0 saturated carbocycles. The summed E-state index contributed by atoms with van der Waals surface area (Å²) in [5.41, 5.74) is 8.19. The van der Waals surface area contributed by atoms with Crippen LogP contribution in [0.3, 0.4) is 0 Å². The van der Waals surface area contributed by atoms with Crippen molar-refractivity contribution in [3.8, 4) is 11.3 Å². The number of hydrogen-bond acceptors (Lipinski definition) is 2. The van der Waals surface area contributed by atoms with E-state index in [1.165, 1.54) is 10.8 Å². The van der Waals surface area contributed by atoms with Gasteiger partial charge in [-0.15, -0.1) is 0 Å². The predicted molar refractivity (Wildman–Crippen MR) is 84.6 cm³/mol. The summed E-state index contributed by atoms with van der Waals surface area (Å²) in [5, 5.41) is 2.38. The first-order chi connectivity index (χ1) is 9.48. The van der Waals surface area contributed by atoms with Crippen molar-refractivity contribution in [2.75, 3.05) is 5.73 Å². The van der Waals surface area contributed by atoms with E-state index >= 15 is 0 Å². The van der Waals surface area contributed by atoms with Gasteiger partial charge in [0.15, 0.2) is 0 Å². The van der Waals surface area contributed by atoms with Gasteiger partial charge >= 0.3 is 0 Å². The molecule has 0 amide bonds.